The number of hydrogen-bond donors (Lipinski definition) is 1. The molecule has 0 aromatic rings. The summed E-state index contributed by atoms with van der Waals surface area (Å²) in [5.74, 6) is -1.06. The van der Waals surface area contributed by atoms with Gasteiger partial charge in [-0.05, 0) is 53.5 Å². The number of nitrogens with zero attached hydrogens (tertiary/aromatic N) is 4. The minimum atomic E-state index is -1.27. The van der Waals surface area contributed by atoms with E-state index < -0.39 is 35.9 Å². The van der Waals surface area contributed by atoms with Crippen molar-refractivity contribution in [1.82, 2.24) is 24.9 Å². The lowest BCUT2D eigenvalue weighted by atomic mass is 9.69. The van der Waals surface area contributed by atoms with Gasteiger partial charge < -0.3 is 29.5 Å². The molecule has 4 heterocycles. The van der Waals surface area contributed by atoms with E-state index >= 15 is 4.39 Å². The fraction of sp³-hybridized carbons (Fsp3) is 0.833. The molecule has 6 aliphatic rings. The zero-order chi connectivity index (χ0) is 29.1. The van der Waals surface area contributed by atoms with E-state index in [4.69, 9.17) is 9.47 Å². The Labute approximate surface area is 242 Å². The number of fused-ring (bicyclic) bond motifs is 2. The smallest absolute Gasteiger partial charge is 0.407 e. The van der Waals surface area contributed by atoms with Crippen molar-refractivity contribution in [3.05, 3.63) is 11.8 Å². The lowest BCUT2D eigenvalue weighted by molar-refractivity contribution is -0.210. The molecule has 5 fully saturated rings. The molecule has 2 saturated carbocycles. The first-order valence-corrected chi connectivity index (χ1v) is 15.5. The van der Waals surface area contributed by atoms with Crippen LogP contribution in [0.4, 0.5) is 9.18 Å². The van der Waals surface area contributed by atoms with Gasteiger partial charge in [0.1, 0.15) is 11.8 Å². The molecule has 10 nitrogen and oxygen atoms in total. The van der Waals surface area contributed by atoms with Crippen LogP contribution in [-0.4, -0.2) is 132 Å². The van der Waals surface area contributed by atoms with E-state index in [1.54, 1.807) is 4.90 Å². The molecule has 8 unspecified atom stereocenters. The standard InChI is InChI=1S/C30H46FN5O5/c1-30(2,3)41-29(39)32-18-9-10-35(16-18)25-21(31)15-19-24-27(25)40-23-8-6-5-7-22(23)36(24)17-20(26(19)37)28(38)34-13-11-33(4)12-14-34/h17-19,21-25,27H,5-16H2,1-4H3,(H,32,39). The van der Waals surface area contributed by atoms with Crippen molar-refractivity contribution in [2.24, 2.45) is 5.92 Å². The Morgan fingerprint density at radius 2 is 1.78 bits per heavy atom. The van der Waals surface area contributed by atoms with Crippen LogP contribution in [0.1, 0.15) is 59.3 Å². The van der Waals surface area contributed by atoms with Crippen LogP contribution in [0.15, 0.2) is 11.8 Å². The van der Waals surface area contributed by atoms with Crippen LogP contribution in [0.3, 0.4) is 0 Å². The van der Waals surface area contributed by atoms with Crippen LogP contribution in [0.25, 0.3) is 0 Å². The minimum Gasteiger partial charge on any atom is -0.444 e. The van der Waals surface area contributed by atoms with Gasteiger partial charge >= 0.3 is 6.09 Å². The molecule has 3 saturated heterocycles. The number of amides is 2. The Morgan fingerprint density at radius 1 is 1.05 bits per heavy atom. The van der Waals surface area contributed by atoms with Crippen molar-refractivity contribution in [2.45, 2.75) is 107 Å². The number of ether oxygens (including phenoxy) is 2. The Morgan fingerprint density at radius 3 is 2.51 bits per heavy atom. The van der Waals surface area contributed by atoms with Crippen molar-refractivity contribution in [3.63, 3.8) is 0 Å². The number of piperazine rings is 1. The second kappa shape index (κ2) is 11.1. The average Bonchev–Trinajstić information content (AvgIpc) is 3.36. The van der Waals surface area contributed by atoms with E-state index in [1.807, 2.05) is 34.0 Å². The average molecular weight is 576 g/mol. The normalized spacial score (nSPS) is 38.2. The Hall–Kier alpha value is -2.24. The van der Waals surface area contributed by atoms with E-state index in [0.29, 0.717) is 32.6 Å². The number of Topliss-reactive ketones (excluding diaryl/α,β-unsaturated/α-hetero) is 1. The minimum absolute atomic E-state index is 0.0545. The summed E-state index contributed by atoms with van der Waals surface area (Å²) in [5.41, 5.74) is -0.374. The monoisotopic (exact) mass is 575 g/mol. The number of rotatable bonds is 3. The van der Waals surface area contributed by atoms with Crippen LogP contribution < -0.4 is 5.32 Å². The Kier molecular flexibility index (Phi) is 7.82. The maximum Gasteiger partial charge on any atom is 0.407 e. The van der Waals surface area contributed by atoms with Gasteiger partial charge in [0.15, 0.2) is 5.78 Å². The van der Waals surface area contributed by atoms with E-state index in [-0.39, 0.29) is 47.9 Å². The number of likely N-dealkylation sites (N-methyl/N-ethyl adjacent to an activating group) is 1. The summed E-state index contributed by atoms with van der Waals surface area (Å²) in [7, 11) is 2.03. The molecule has 0 aromatic heterocycles. The van der Waals surface area contributed by atoms with Gasteiger partial charge in [0, 0.05) is 57.4 Å². The number of hydrogen-bond acceptors (Lipinski definition) is 8. The fourth-order valence-corrected chi connectivity index (χ4v) is 7.98. The van der Waals surface area contributed by atoms with Crippen LogP contribution in [0.5, 0.6) is 0 Å². The summed E-state index contributed by atoms with van der Waals surface area (Å²) >= 11 is 0. The van der Waals surface area contributed by atoms with Gasteiger partial charge in [0.25, 0.3) is 5.91 Å². The summed E-state index contributed by atoms with van der Waals surface area (Å²) in [5, 5.41) is 2.95. The van der Waals surface area contributed by atoms with Gasteiger partial charge in [-0.3, -0.25) is 14.5 Å². The van der Waals surface area contributed by atoms with Gasteiger partial charge in [0.2, 0.25) is 0 Å². The number of halogens is 1. The quantitative estimate of drug-likeness (QED) is 0.511. The topological polar surface area (TPSA) is 94.7 Å². The zero-order valence-corrected chi connectivity index (χ0v) is 24.9. The van der Waals surface area contributed by atoms with E-state index in [2.05, 4.69) is 20.0 Å². The highest BCUT2D eigenvalue weighted by atomic mass is 19.1. The number of carbonyl (C=O) groups is 3. The summed E-state index contributed by atoms with van der Waals surface area (Å²) in [6, 6.07) is -0.852. The third kappa shape index (κ3) is 5.61. The van der Waals surface area contributed by atoms with E-state index in [1.165, 1.54) is 0 Å². The molecule has 0 radical (unpaired) electrons. The van der Waals surface area contributed by atoms with E-state index in [9.17, 15) is 14.4 Å². The number of alkyl carbamates (subject to hydrolysis) is 1. The van der Waals surface area contributed by atoms with Gasteiger partial charge in [-0.1, -0.05) is 12.8 Å². The third-order valence-corrected chi connectivity index (χ3v) is 9.93. The van der Waals surface area contributed by atoms with Crippen LogP contribution >= 0.6 is 0 Å². The Balaban J connectivity index is 1.24. The van der Waals surface area contributed by atoms with Gasteiger partial charge in [-0.25, -0.2) is 9.18 Å². The number of likely N-dealkylation sites (tertiary alicyclic amines) is 1. The van der Waals surface area contributed by atoms with Crippen LogP contribution in [0, 0.1) is 5.92 Å². The van der Waals surface area contributed by atoms with Crippen molar-refractivity contribution < 1.29 is 28.2 Å². The third-order valence-electron chi connectivity index (χ3n) is 9.93. The maximum absolute atomic E-state index is 16.3. The molecule has 41 heavy (non-hydrogen) atoms. The first-order chi connectivity index (χ1) is 19.5. The van der Waals surface area contributed by atoms with Gasteiger partial charge in [-0.15, -0.1) is 0 Å². The largest absolute Gasteiger partial charge is 0.444 e. The SMILES string of the molecule is CN1CCN(C(=O)C2=CN3C4CCCCC4OC4C(N5CCC(NC(=O)OC(C)(C)C)C5)C(F)CC(C2=O)C43)CC1. The van der Waals surface area contributed by atoms with Gasteiger partial charge in [-0.2, -0.15) is 0 Å². The predicted octanol–water partition coefficient (Wildman–Crippen LogP) is 1.93. The molecule has 6 rings (SSSR count). The molecule has 0 bridgehead atoms. The van der Waals surface area contributed by atoms with Gasteiger partial charge in [0.05, 0.1) is 35.9 Å². The van der Waals surface area contributed by atoms with Crippen molar-refractivity contribution in [2.75, 3.05) is 46.3 Å². The predicted molar refractivity (Wildman–Crippen MR) is 150 cm³/mol. The molecular formula is C30H46FN5O5. The van der Waals surface area contributed by atoms with Crippen LogP contribution in [-0.2, 0) is 19.1 Å². The molecule has 2 amide bonds. The summed E-state index contributed by atoms with van der Waals surface area (Å²) in [6.07, 6.45) is 4.30. The summed E-state index contributed by atoms with van der Waals surface area (Å²) in [4.78, 5) is 48.3. The van der Waals surface area contributed by atoms with Crippen molar-refractivity contribution >= 4 is 17.8 Å². The second-order valence-corrected chi connectivity index (χ2v) is 13.9. The molecule has 1 N–H and O–H groups in total. The number of nitrogens with one attached hydrogen (secondary N) is 1. The number of morpholine rings is 1. The molecule has 4 aliphatic heterocycles. The molecule has 11 heteroatoms. The highest BCUT2D eigenvalue weighted by Gasteiger charge is 2.60. The number of alkyl halides is 1. The van der Waals surface area contributed by atoms with Crippen molar-refractivity contribution in [3.8, 4) is 0 Å². The molecule has 8 atom stereocenters. The Bertz CT molecular complexity index is 1070. The first kappa shape index (κ1) is 28.9. The summed E-state index contributed by atoms with van der Waals surface area (Å²) < 4.78 is 28.5. The number of carbonyl (C=O) groups excluding carboxylic acids is 3. The molecule has 0 aromatic carbocycles. The lowest BCUT2D eigenvalue weighted by Crippen LogP contribution is -2.73. The highest BCUT2D eigenvalue weighted by molar-refractivity contribution is 6.20. The second-order valence-electron chi connectivity index (χ2n) is 13.9. The molecule has 2 aliphatic carbocycles. The summed E-state index contributed by atoms with van der Waals surface area (Å²) in [6.45, 7) is 9.35. The number of ketones is 1. The molecular weight excluding hydrogens is 529 g/mol. The lowest BCUT2D eigenvalue weighted by Gasteiger charge is -2.60. The highest BCUT2D eigenvalue weighted by Crippen LogP contribution is 2.47. The van der Waals surface area contributed by atoms with Crippen LogP contribution in [0.2, 0.25) is 0 Å². The van der Waals surface area contributed by atoms with E-state index in [0.717, 1.165) is 38.8 Å². The molecule has 228 valence electrons. The first-order valence-electron chi connectivity index (χ1n) is 15.5. The van der Waals surface area contributed by atoms with Crippen molar-refractivity contribution in [1.29, 1.82) is 0 Å². The fourth-order valence-electron chi connectivity index (χ4n) is 7.98. The molecule has 0 spiro atoms. The zero-order valence-electron chi connectivity index (χ0n) is 24.9. The maximum atomic E-state index is 16.3.